The van der Waals surface area contributed by atoms with Crippen LogP contribution in [0.5, 0.6) is 0 Å². The van der Waals surface area contributed by atoms with Crippen LogP contribution in [0.25, 0.3) is 0 Å². The van der Waals surface area contributed by atoms with Crippen molar-refractivity contribution < 1.29 is 16.8 Å². The van der Waals surface area contributed by atoms with Crippen molar-refractivity contribution in [2.24, 2.45) is 0 Å². The smallest absolute Gasteiger partial charge is 0.207 e. The number of nitrogens with zero attached hydrogens (tertiary/aromatic N) is 2. The SMILES string of the molecule is CC1CCCCN1S(=O)(=O)c1ccc(CCNS(=O)(=O)N(C)C)cc1. The molecule has 1 heterocycles. The second-order valence-electron chi connectivity index (χ2n) is 6.54. The Morgan fingerprint density at radius 2 is 1.76 bits per heavy atom. The third kappa shape index (κ3) is 5.01. The summed E-state index contributed by atoms with van der Waals surface area (Å²) >= 11 is 0. The molecule has 0 saturated carbocycles. The number of benzene rings is 1. The molecular weight excluding hydrogens is 362 g/mol. The molecule has 1 atom stereocenters. The number of piperidine rings is 1. The van der Waals surface area contributed by atoms with Gasteiger partial charge in [0.2, 0.25) is 10.0 Å². The van der Waals surface area contributed by atoms with Crippen molar-refractivity contribution in [3.8, 4) is 0 Å². The average molecular weight is 390 g/mol. The van der Waals surface area contributed by atoms with Gasteiger partial charge < -0.3 is 0 Å². The lowest BCUT2D eigenvalue weighted by atomic mass is 10.1. The maximum Gasteiger partial charge on any atom is 0.278 e. The average Bonchev–Trinajstić information content (AvgIpc) is 2.55. The van der Waals surface area contributed by atoms with Crippen molar-refractivity contribution in [2.45, 2.75) is 43.5 Å². The van der Waals surface area contributed by atoms with Gasteiger partial charge in [-0.15, -0.1) is 0 Å². The van der Waals surface area contributed by atoms with Crippen LogP contribution in [0.2, 0.25) is 0 Å². The Morgan fingerprint density at radius 1 is 1.12 bits per heavy atom. The van der Waals surface area contributed by atoms with Gasteiger partial charge in [0, 0.05) is 33.2 Å². The van der Waals surface area contributed by atoms with Crippen LogP contribution in [0.15, 0.2) is 29.2 Å². The number of nitrogens with one attached hydrogen (secondary N) is 1. The minimum Gasteiger partial charge on any atom is -0.207 e. The highest BCUT2D eigenvalue weighted by Gasteiger charge is 2.30. The standard InChI is InChI=1S/C16H27N3O4S2/c1-14-6-4-5-13-19(14)24(20,21)16-9-7-15(8-10-16)11-12-17-25(22,23)18(2)3/h7-10,14,17H,4-6,11-13H2,1-3H3. The van der Waals surface area contributed by atoms with E-state index >= 15 is 0 Å². The molecule has 1 aromatic rings. The molecule has 2 rings (SSSR count). The topological polar surface area (TPSA) is 86.8 Å². The Morgan fingerprint density at radius 3 is 2.32 bits per heavy atom. The number of sulfonamides is 1. The van der Waals surface area contributed by atoms with E-state index in [2.05, 4.69) is 4.72 Å². The molecule has 1 saturated heterocycles. The predicted molar refractivity (Wildman–Crippen MR) is 98.0 cm³/mol. The predicted octanol–water partition coefficient (Wildman–Crippen LogP) is 1.19. The van der Waals surface area contributed by atoms with Gasteiger partial charge in [0.05, 0.1) is 4.90 Å². The van der Waals surface area contributed by atoms with Gasteiger partial charge in [0.1, 0.15) is 0 Å². The van der Waals surface area contributed by atoms with E-state index in [4.69, 9.17) is 0 Å². The quantitative estimate of drug-likeness (QED) is 0.759. The second kappa shape index (κ2) is 8.13. The molecular formula is C16H27N3O4S2. The van der Waals surface area contributed by atoms with Gasteiger partial charge in [-0.3, -0.25) is 0 Å². The van der Waals surface area contributed by atoms with Gasteiger partial charge in [-0.05, 0) is 43.9 Å². The van der Waals surface area contributed by atoms with Crippen LogP contribution in [0.1, 0.15) is 31.7 Å². The molecule has 1 fully saturated rings. The van der Waals surface area contributed by atoms with E-state index in [0.717, 1.165) is 29.1 Å². The summed E-state index contributed by atoms with van der Waals surface area (Å²) in [6.07, 6.45) is 3.35. The lowest BCUT2D eigenvalue weighted by Gasteiger charge is -2.32. The van der Waals surface area contributed by atoms with Gasteiger partial charge in [0.25, 0.3) is 10.2 Å². The molecule has 1 aromatic carbocycles. The van der Waals surface area contributed by atoms with E-state index in [9.17, 15) is 16.8 Å². The van der Waals surface area contributed by atoms with E-state index in [1.807, 2.05) is 6.92 Å². The van der Waals surface area contributed by atoms with Gasteiger partial charge in [-0.1, -0.05) is 18.6 Å². The van der Waals surface area contributed by atoms with Crippen LogP contribution in [0.3, 0.4) is 0 Å². The summed E-state index contributed by atoms with van der Waals surface area (Å²) in [5, 5.41) is 0. The molecule has 1 unspecified atom stereocenters. The molecule has 1 aliphatic heterocycles. The van der Waals surface area contributed by atoms with E-state index in [-0.39, 0.29) is 12.6 Å². The molecule has 1 N–H and O–H groups in total. The van der Waals surface area contributed by atoms with Crippen molar-refractivity contribution in [3.63, 3.8) is 0 Å². The van der Waals surface area contributed by atoms with Crippen LogP contribution >= 0.6 is 0 Å². The monoisotopic (exact) mass is 389 g/mol. The molecule has 0 aliphatic carbocycles. The van der Waals surface area contributed by atoms with E-state index in [0.29, 0.717) is 17.9 Å². The van der Waals surface area contributed by atoms with E-state index < -0.39 is 20.2 Å². The highest BCUT2D eigenvalue weighted by atomic mass is 32.2. The van der Waals surface area contributed by atoms with Crippen LogP contribution in [-0.4, -0.2) is 58.7 Å². The zero-order valence-corrected chi connectivity index (χ0v) is 16.6. The summed E-state index contributed by atoms with van der Waals surface area (Å²) in [5.41, 5.74) is 0.882. The van der Waals surface area contributed by atoms with Gasteiger partial charge in [-0.2, -0.15) is 17.0 Å². The molecule has 0 bridgehead atoms. The number of hydrogen-bond acceptors (Lipinski definition) is 4. The molecule has 25 heavy (non-hydrogen) atoms. The summed E-state index contributed by atoms with van der Waals surface area (Å²) in [4.78, 5) is 0.291. The summed E-state index contributed by atoms with van der Waals surface area (Å²) in [6, 6.07) is 6.72. The maximum absolute atomic E-state index is 12.8. The first-order valence-electron chi connectivity index (χ1n) is 8.42. The number of rotatable bonds is 7. The molecule has 142 valence electrons. The molecule has 0 radical (unpaired) electrons. The minimum atomic E-state index is -3.47. The highest BCUT2D eigenvalue weighted by Crippen LogP contribution is 2.25. The van der Waals surface area contributed by atoms with Crippen LogP contribution < -0.4 is 4.72 Å². The Labute approximate surface area is 151 Å². The summed E-state index contributed by atoms with van der Waals surface area (Å²) < 4.78 is 54.0. The van der Waals surface area contributed by atoms with Crippen molar-refractivity contribution >= 4 is 20.2 Å². The molecule has 9 heteroatoms. The van der Waals surface area contributed by atoms with Crippen molar-refractivity contribution in [1.29, 1.82) is 0 Å². The number of hydrogen-bond donors (Lipinski definition) is 1. The van der Waals surface area contributed by atoms with E-state index in [1.165, 1.54) is 14.1 Å². The van der Waals surface area contributed by atoms with Crippen LogP contribution in [0.4, 0.5) is 0 Å². The minimum absolute atomic E-state index is 0.0267. The Balaban J connectivity index is 2.02. The second-order valence-corrected chi connectivity index (χ2v) is 10.4. The first kappa shape index (κ1) is 20.3. The fourth-order valence-electron chi connectivity index (χ4n) is 2.85. The normalized spacial score (nSPS) is 20.1. The zero-order chi connectivity index (χ0) is 18.7. The summed E-state index contributed by atoms with van der Waals surface area (Å²) in [6.45, 7) is 2.77. The maximum atomic E-state index is 12.8. The first-order valence-corrected chi connectivity index (χ1v) is 11.3. The summed E-state index contributed by atoms with van der Waals surface area (Å²) in [7, 11) is -3.98. The van der Waals surface area contributed by atoms with Gasteiger partial charge >= 0.3 is 0 Å². The summed E-state index contributed by atoms with van der Waals surface area (Å²) in [5.74, 6) is 0. The lowest BCUT2D eigenvalue weighted by molar-refractivity contribution is 0.268. The van der Waals surface area contributed by atoms with Crippen molar-refractivity contribution in [3.05, 3.63) is 29.8 Å². The molecule has 0 aromatic heterocycles. The molecule has 7 nitrogen and oxygen atoms in total. The van der Waals surface area contributed by atoms with Gasteiger partial charge in [0.15, 0.2) is 0 Å². The van der Waals surface area contributed by atoms with Crippen LogP contribution in [0, 0.1) is 0 Å². The Bertz CT molecular complexity index is 774. The molecule has 0 spiro atoms. The highest BCUT2D eigenvalue weighted by molar-refractivity contribution is 7.89. The van der Waals surface area contributed by atoms with Crippen LogP contribution in [-0.2, 0) is 26.7 Å². The van der Waals surface area contributed by atoms with Gasteiger partial charge in [-0.25, -0.2) is 13.1 Å². The molecule has 0 amide bonds. The van der Waals surface area contributed by atoms with E-state index in [1.54, 1.807) is 28.6 Å². The fraction of sp³-hybridized carbons (Fsp3) is 0.625. The first-order chi connectivity index (χ1) is 11.6. The third-order valence-electron chi connectivity index (χ3n) is 4.45. The zero-order valence-electron chi connectivity index (χ0n) is 15.0. The van der Waals surface area contributed by atoms with Crippen molar-refractivity contribution in [1.82, 2.24) is 13.3 Å². The fourth-order valence-corrected chi connectivity index (χ4v) is 5.16. The van der Waals surface area contributed by atoms with Crippen molar-refractivity contribution in [2.75, 3.05) is 27.2 Å². The largest absolute Gasteiger partial charge is 0.278 e. The molecule has 1 aliphatic rings. The third-order valence-corrected chi connectivity index (χ3v) is 8.01. The lowest BCUT2D eigenvalue weighted by Crippen LogP contribution is -2.41. The Kier molecular flexibility index (Phi) is 6.61. The Hall–Kier alpha value is -1.00.